The Hall–Kier alpha value is -6.84. The molecule has 0 bridgehead atoms. The molecule has 0 aliphatic carbocycles. The lowest BCUT2D eigenvalue weighted by atomic mass is 9.95. The molecule has 0 spiro atoms. The van der Waals surface area contributed by atoms with E-state index in [1.807, 2.05) is 18.2 Å². The van der Waals surface area contributed by atoms with Crippen LogP contribution in [0, 0.1) is 0 Å². The van der Waals surface area contributed by atoms with Crippen LogP contribution in [0.3, 0.4) is 0 Å². The van der Waals surface area contributed by atoms with E-state index in [1.165, 1.54) is 0 Å². The van der Waals surface area contributed by atoms with E-state index in [9.17, 15) is 0 Å². The fourth-order valence-corrected chi connectivity index (χ4v) is 7.51. The Morgan fingerprint density at radius 1 is 0.353 bits per heavy atom. The molecule has 0 unspecified atom stereocenters. The Balaban J connectivity index is 1.38. The predicted octanol–water partition coefficient (Wildman–Crippen LogP) is 14.0. The Kier molecular flexibility index (Phi) is 6.81. The summed E-state index contributed by atoms with van der Waals surface area (Å²) in [6.07, 6.45) is 0. The number of fused-ring (bicyclic) bond motifs is 6. The van der Waals surface area contributed by atoms with Crippen LogP contribution in [0.15, 0.2) is 197 Å². The van der Waals surface area contributed by atoms with Crippen molar-refractivity contribution in [3.05, 3.63) is 188 Å². The molecule has 0 N–H and O–H groups in total. The molecule has 3 heteroatoms. The number of nitrogens with zero attached hydrogens (tertiary/aromatic N) is 1. The van der Waals surface area contributed by atoms with Gasteiger partial charge in [0.25, 0.3) is 0 Å². The van der Waals surface area contributed by atoms with Crippen molar-refractivity contribution in [1.29, 1.82) is 0 Å². The van der Waals surface area contributed by atoms with E-state index in [0.717, 1.165) is 94.3 Å². The van der Waals surface area contributed by atoms with Crippen molar-refractivity contribution in [2.24, 2.45) is 0 Å². The monoisotopic (exact) mass is 653 g/mol. The van der Waals surface area contributed by atoms with E-state index in [0.29, 0.717) is 0 Å². The molecule has 0 atom stereocenters. The van der Waals surface area contributed by atoms with E-state index in [1.54, 1.807) is 0 Å². The van der Waals surface area contributed by atoms with Crippen LogP contribution in [0.5, 0.6) is 0 Å². The highest BCUT2D eigenvalue weighted by Crippen LogP contribution is 2.51. The molecule has 2 aromatic heterocycles. The number of para-hydroxylation sites is 2. The second kappa shape index (κ2) is 11.9. The average Bonchev–Trinajstić information content (AvgIpc) is 3.78. The van der Waals surface area contributed by atoms with Crippen molar-refractivity contribution in [2.45, 2.75) is 0 Å². The lowest BCUT2D eigenvalue weighted by Crippen LogP contribution is -2.12. The van der Waals surface area contributed by atoms with Crippen LogP contribution in [0.4, 0.5) is 17.1 Å². The summed E-state index contributed by atoms with van der Waals surface area (Å²) in [7, 11) is 0. The molecule has 2 heterocycles. The smallest absolute Gasteiger partial charge is 0.160 e. The standard InChI is InChI=1S/C48H31NO2/c1-4-15-32(16-5-1)35-29-36(33-17-6-2-7-18-33)31-37(30-35)49(42-23-14-26-45-46(42)41-22-11-13-25-44(41)50-45)47-38(34-19-8-3-9-20-34)27-28-40-39-21-10-12-24-43(39)51-48(40)47/h1-31H. The molecule has 8 aromatic carbocycles. The first kappa shape index (κ1) is 29.1. The maximum Gasteiger partial charge on any atom is 0.160 e. The van der Waals surface area contributed by atoms with E-state index in [-0.39, 0.29) is 0 Å². The van der Waals surface area contributed by atoms with E-state index >= 15 is 0 Å². The zero-order chi connectivity index (χ0) is 33.7. The number of anilines is 3. The Morgan fingerprint density at radius 3 is 1.57 bits per heavy atom. The number of benzene rings is 8. The first-order valence-corrected chi connectivity index (χ1v) is 17.3. The summed E-state index contributed by atoms with van der Waals surface area (Å²) in [6.45, 7) is 0. The quantitative estimate of drug-likeness (QED) is 0.179. The Labute approximate surface area is 295 Å². The highest BCUT2D eigenvalue weighted by molar-refractivity contribution is 6.18. The molecule has 240 valence electrons. The Morgan fingerprint density at radius 2 is 0.902 bits per heavy atom. The third-order valence-corrected chi connectivity index (χ3v) is 9.84. The van der Waals surface area contributed by atoms with Crippen molar-refractivity contribution in [2.75, 3.05) is 4.90 Å². The Bertz CT molecular complexity index is 2790. The molecule has 0 saturated heterocycles. The maximum absolute atomic E-state index is 6.92. The van der Waals surface area contributed by atoms with Crippen LogP contribution in [-0.4, -0.2) is 0 Å². The summed E-state index contributed by atoms with van der Waals surface area (Å²) < 4.78 is 13.4. The van der Waals surface area contributed by atoms with Crippen LogP contribution < -0.4 is 4.90 Å². The van der Waals surface area contributed by atoms with Gasteiger partial charge in [0, 0.05) is 27.4 Å². The number of hydrogen-bond acceptors (Lipinski definition) is 3. The normalized spacial score (nSPS) is 11.5. The minimum absolute atomic E-state index is 0.828. The van der Waals surface area contributed by atoms with Gasteiger partial charge in [-0.1, -0.05) is 140 Å². The molecule has 0 amide bonds. The van der Waals surface area contributed by atoms with Gasteiger partial charge in [0.05, 0.1) is 16.8 Å². The molecular formula is C48H31NO2. The fraction of sp³-hybridized carbons (Fsp3) is 0. The third kappa shape index (κ3) is 4.90. The maximum atomic E-state index is 6.92. The van der Waals surface area contributed by atoms with Crippen LogP contribution in [-0.2, 0) is 0 Å². The lowest BCUT2D eigenvalue weighted by Gasteiger charge is -2.29. The fourth-order valence-electron chi connectivity index (χ4n) is 7.51. The van der Waals surface area contributed by atoms with E-state index < -0.39 is 0 Å². The molecule has 10 rings (SSSR count). The van der Waals surface area contributed by atoms with Crippen LogP contribution in [0.2, 0.25) is 0 Å². The van der Waals surface area contributed by atoms with Gasteiger partial charge in [0.2, 0.25) is 0 Å². The molecule has 51 heavy (non-hydrogen) atoms. The van der Waals surface area contributed by atoms with Crippen molar-refractivity contribution in [3.8, 4) is 33.4 Å². The third-order valence-electron chi connectivity index (χ3n) is 9.84. The van der Waals surface area contributed by atoms with Crippen molar-refractivity contribution < 1.29 is 8.83 Å². The van der Waals surface area contributed by atoms with Gasteiger partial charge in [0.15, 0.2) is 5.58 Å². The van der Waals surface area contributed by atoms with Gasteiger partial charge < -0.3 is 13.7 Å². The van der Waals surface area contributed by atoms with Crippen molar-refractivity contribution in [3.63, 3.8) is 0 Å². The van der Waals surface area contributed by atoms with Gasteiger partial charge in [-0.2, -0.15) is 0 Å². The van der Waals surface area contributed by atoms with Crippen LogP contribution in [0.25, 0.3) is 77.3 Å². The zero-order valence-corrected chi connectivity index (χ0v) is 27.7. The molecule has 0 radical (unpaired) electrons. The summed E-state index contributed by atoms with van der Waals surface area (Å²) >= 11 is 0. The summed E-state index contributed by atoms with van der Waals surface area (Å²) in [4.78, 5) is 2.40. The van der Waals surface area contributed by atoms with Gasteiger partial charge in [-0.15, -0.1) is 0 Å². The lowest BCUT2D eigenvalue weighted by molar-refractivity contribution is 0.668. The van der Waals surface area contributed by atoms with Gasteiger partial charge in [-0.25, -0.2) is 0 Å². The largest absolute Gasteiger partial charge is 0.456 e. The van der Waals surface area contributed by atoms with Crippen molar-refractivity contribution in [1.82, 2.24) is 0 Å². The predicted molar refractivity (Wildman–Crippen MR) is 212 cm³/mol. The molecular weight excluding hydrogens is 623 g/mol. The molecule has 10 aromatic rings. The summed E-state index contributed by atoms with van der Waals surface area (Å²) in [5.41, 5.74) is 13.1. The molecule has 0 aliphatic rings. The highest BCUT2D eigenvalue weighted by Gasteiger charge is 2.27. The van der Waals surface area contributed by atoms with Gasteiger partial charge >= 0.3 is 0 Å². The topological polar surface area (TPSA) is 29.5 Å². The minimum Gasteiger partial charge on any atom is -0.456 e. The number of hydrogen-bond donors (Lipinski definition) is 0. The van der Waals surface area contributed by atoms with Crippen LogP contribution in [0.1, 0.15) is 0 Å². The minimum atomic E-state index is 0.828. The van der Waals surface area contributed by atoms with Gasteiger partial charge in [-0.05, 0) is 76.3 Å². The number of rotatable bonds is 6. The molecule has 3 nitrogen and oxygen atoms in total. The second-order valence-electron chi connectivity index (χ2n) is 12.9. The SMILES string of the molecule is c1ccc(-c2cc(-c3ccccc3)cc(N(c3c(-c4ccccc4)ccc4c3oc3ccccc34)c3cccc4oc5ccccc5c34)c2)cc1. The van der Waals surface area contributed by atoms with Crippen LogP contribution >= 0.6 is 0 Å². The summed E-state index contributed by atoms with van der Waals surface area (Å²) in [5.74, 6) is 0. The van der Waals surface area contributed by atoms with E-state index in [4.69, 9.17) is 8.83 Å². The van der Waals surface area contributed by atoms with E-state index in [2.05, 4.69) is 175 Å². The number of furan rings is 2. The summed E-state index contributed by atoms with van der Waals surface area (Å²) in [6, 6.07) is 66.2. The zero-order valence-electron chi connectivity index (χ0n) is 27.7. The average molecular weight is 654 g/mol. The van der Waals surface area contributed by atoms with Gasteiger partial charge in [0.1, 0.15) is 16.7 Å². The highest BCUT2D eigenvalue weighted by atomic mass is 16.3. The van der Waals surface area contributed by atoms with Crippen molar-refractivity contribution >= 4 is 60.9 Å². The van der Waals surface area contributed by atoms with Gasteiger partial charge in [-0.3, -0.25) is 0 Å². The molecule has 0 fully saturated rings. The first-order chi connectivity index (χ1) is 25.3. The first-order valence-electron chi connectivity index (χ1n) is 17.3. The second-order valence-corrected chi connectivity index (χ2v) is 12.9. The molecule has 0 aliphatic heterocycles. The summed E-state index contributed by atoms with van der Waals surface area (Å²) in [5, 5.41) is 4.26. The molecule has 0 saturated carbocycles.